The molecular formula is C43H26N2OSSe. The molecule has 3 nitrogen and oxygen atoms in total. The van der Waals surface area contributed by atoms with Crippen molar-refractivity contribution in [1.82, 2.24) is 4.98 Å². The van der Waals surface area contributed by atoms with Gasteiger partial charge in [0.25, 0.3) is 0 Å². The Kier molecular flexibility index (Phi) is 6.38. The number of fused-ring (bicyclic) bond motifs is 7. The van der Waals surface area contributed by atoms with Gasteiger partial charge in [-0.05, 0) is 0 Å². The van der Waals surface area contributed by atoms with Gasteiger partial charge in [-0.3, -0.25) is 0 Å². The summed E-state index contributed by atoms with van der Waals surface area (Å²) in [5, 5.41) is 5.11. The fourth-order valence-electron chi connectivity index (χ4n) is 6.85. The van der Waals surface area contributed by atoms with E-state index in [1.54, 1.807) is 0 Å². The number of hydrogen-bond acceptors (Lipinski definition) is 4. The normalized spacial score (nSPS) is 11.8. The molecule has 7 aromatic carbocycles. The van der Waals surface area contributed by atoms with Gasteiger partial charge in [0.05, 0.1) is 0 Å². The van der Waals surface area contributed by atoms with E-state index >= 15 is 0 Å². The molecule has 5 heteroatoms. The van der Waals surface area contributed by atoms with Crippen LogP contribution >= 0.6 is 11.3 Å². The first-order chi connectivity index (χ1) is 23.8. The number of aromatic nitrogens is 1. The number of benzene rings is 7. The SMILES string of the molecule is c1ccc(-c2ccc(N(c3ccc4c(c3)[se]c3cccc(-c5nc6ccccc6o5)c34)c3ccc4sc5ccccc5c4c3)cc2)cc1. The fourth-order valence-corrected chi connectivity index (χ4v) is 10.4. The van der Waals surface area contributed by atoms with Crippen LogP contribution in [-0.2, 0) is 0 Å². The van der Waals surface area contributed by atoms with Crippen LogP contribution in [0.15, 0.2) is 162 Å². The van der Waals surface area contributed by atoms with E-state index < -0.39 is 0 Å². The summed E-state index contributed by atoms with van der Waals surface area (Å²) in [6.45, 7) is 0. The zero-order valence-corrected chi connectivity index (χ0v) is 28.2. The van der Waals surface area contributed by atoms with Crippen LogP contribution in [0.25, 0.3) is 73.1 Å². The van der Waals surface area contributed by atoms with Gasteiger partial charge in [-0.25, -0.2) is 0 Å². The number of anilines is 3. The van der Waals surface area contributed by atoms with Crippen molar-refractivity contribution in [3.05, 3.63) is 158 Å². The van der Waals surface area contributed by atoms with Gasteiger partial charge in [0.2, 0.25) is 0 Å². The summed E-state index contributed by atoms with van der Waals surface area (Å²) in [5.41, 5.74) is 8.60. The fraction of sp³-hybridized carbons (Fsp3) is 0. The van der Waals surface area contributed by atoms with E-state index in [4.69, 9.17) is 9.40 Å². The van der Waals surface area contributed by atoms with E-state index in [2.05, 4.69) is 138 Å². The summed E-state index contributed by atoms with van der Waals surface area (Å²) in [4.78, 5) is 7.27. The van der Waals surface area contributed by atoms with Gasteiger partial charge >= 0.3 is 288 Å². The topological polar surface area (TPSA) is 29.3 Å². The van der Waals surface area contributed by atoms with Crippen molar-refractivity contribution in [3.63, 3.8) is 0 Å². The molecule has 10 aromatic rings. The molecule has 0 amide bonds. The summed E-state index contributed by atoms with van der Waals surface area (Å²) < 4.78 is 11.6. The summed E-state index contributed by atoms with van der Waals surface area (Å²) in [5.74, 6) is 0.678. The molecule has 0 fully saturated rings. The van der Waals surface area contributed by atoms with Crippen LogP contribution in [0.1, 0.15) is 0 Å². The Bertz CT molecular complexity index is 2760. The van der Waals surface area contributed by atoms with Crippen molar-refractivity contribution in [1.29, 1.82) is 0 Å². The minimum atomic E-state index is 0.152. The van der Waals surface area contributed by atoms with Gasteiger partial charge in [-0.15, -0.1) is 0 Å². The first kappa shape index (κ1) is 27.6. The molecule has 0 saturated heterocycles. The summed E-state index contributed by atoms with van der Waals surface area (Å²) in [6.07, 6.45) is 0. The van der Waals surface area contributed by atoms with Crippen LogP contribution in [0.2, 0.25) is 0 Å². The van der Waals surface area contributed by atoms with Crippen molar-refractivity contribution in [2.75, 3.05) is 4.90 Å². The Morgan fingerprint density at radius 3 is 2.15 bits per heavy atom. The van der Waals surface area contributed by atoms with E-state index in [0.717, 1.165) is 33.7 Å². The molecule has 226 valence electrons. The van der Waals surface area contributed by atoms with Crippen LogP contribution in [0.3, 0.4) is 0 Å². The summed E-state index contributed by atoms with van der Waals surface area (Å²) in [6, 6.07) is 56.6. The van der Waals surface area contributed by atoms with Gasteiger partial charge in [0.15, 0.2) is 0 Å². The molecule has 0 N–H and O–H groups in total. The Labute approximate surface area is 286 Å². The molecule has 0 radical (unpaired) electrons. The molecule has 0 spiro atoms. The number of para-hydroxylation sites is 2. The quantitative estimate of drug-likeness (QED) is 0.168. The number of rotatable bonds is 5. The average Bonchev–Trinajstić information content (AvgIpc) is 3.85. The molecule has 3 heterocycles. The Morgan fingerprint density at radius 2 is 1.25 bits per heavy atom. The molecule has 0 atom stereocenters. The van der Waals surface area contributed by atoms with Gasteiger partial charge < -0.3 is 0 Å². The first-order valence-corrected chi connectivity index (χ1v) is 18.5. The van der Waals surface area contributed by atoms with Crippen LogP contribution in [0, 0.1) is 0 Å². The van der Waals surface area contributed by atoms with Crippen LogP contribution in [-0.4, -0.2) is 19.5 Å². The van der Waals surface area contributed by atoms with Gasteiger partial charge in [0, 0.05) is 0 Å². The number of nitrogens with zero attached hydrogens (tertiary/aromatic N) is 2. The van der Waals surface area contributed by atoms with Crippen molar-refractivity contribution in [2.24, 2.45) is 0 Å². The van der Waals surface area contributed by atoms with Crippen LogP contribution < -0.4 is 4.90 Å². The zero-order chi connectivity index (χ0) is 31.6. The standard InChI is InChI=1S/C43H26N2OSSe/c1-2-9-27(10-3-1)28-17-19-29(20-18-28)45(30-22-24-39-35(25-30)32-11-4-7-15-38(32)47-39)31-21-23-33-41(26-31)48-40-16-8-12-34(42(33)40)43-44-36-13-5-6-14-37(36)46-43/h1-26H. The molecule has 0 bridgehead atoms. The van der Waals surface area contributed by atoms with Crippen molar-refractivity contribution in [3.8, 4) is 22.6 Å². The van der Waals surface area contributed by atoms with Crippen molar-refractivity contribution >= 4 is 93.5 Å². The number of thiophene rings is 1. The Hall–Kier alpha value is -5.45. The number of oxazole rings is 1. The predicted octanol–water partition coefficient (Wildman–Crippen LogP) is 12.4. The second-order valence-electron chi connectivity index (χ2n) is 12.0. The van der Waals surface area contributed by atoms with Gasteiger partial charge in [-0.1, -0.05) is 0 Å². The third-order valence-corrected chi connectivity index (χ3v) is 12.6. The van der Waals surface area contributed by atoms with Crippen LogP contribution in [0.4, 0.5) is 17.1 Å². The number of hydrogen-bond donors (Lipinski definition) is 0. The molecule has 0 aliphatic heterocycles. The second kappa shape index (κ2) is 11.1. The Balaban J connectivity index is 1.15. The van der Waals surface area contributed by atoms with E-state index in [1.807, 2.05) is 35.6 Å². The third kappa shape index (κ3) is 4.51. The van der Waals surface area contributed by atoms with Crippen molar-refractivity contribution < 1.29 is 4.42 Å². The maximum atomic E-state index is 6.26. The molecule has 0 unspecified atom stereocenters. The maximum absolute atomic E-state index is 6.26. The molecule has 3 aromatic heterocycles. The first-order valence-electron chi connectivity index (χ1n) is 15.9. The van der Waals surface area contributed by atoms with E-state index in [9.17, 15) is 0 Å². The summed E-state index contributed by atoms with van der Waals surface area (Å²) >= 11 is 2.01. The average molecular weight is 698 g/mol. The minimum absolute atomic E-state index is 0.152. The van der Waals surface area contributed by atoms with E-state index in [-0.39, 0.29) is 14.5 Å². The van der Waals surface area contributed by atoms with Crippen LogP contribution in [0.5, 0.6) is 0 Å². The van der Waals surface area contributed by atoms with Crippen molar-refractivity contribution in [2.45, 2.75) is 0 Å². The van der Waals surface area contributed by atoms with E-state index in [1.165, 1.54) is 50.6 Å². The molecule has 0 aliphatic rings. The van der Waals surface area contributed by atoms with Gasteiger partial charge in [0.1, 0.15) is 0 Å². The monoisotopic (exact) mass is 698 g/mol. The van der Waals surface area contributed by atoms with E-state index in [0.29, 0.717) is 5.89 Å². The molecule has 48 heavy (non-hydrogen) atoms. The third-order valence-electron chi connectivity index (χ3n) is 9.11. The molecule has 0 saturated carbocycles. The predicted molar refractivity (Wildman–Crippen MR) is 204 cm³/mol. The molecule has 10 rings (SSSR count). The molecule has 0 aliphatic carbocycles. The zero-order valence-electron chi connectivity index (χ0n) is 25.6. The molecular weight excluding hydrogens is 672 g/mol. The summed E-state index contributed by atoms with van der Waals surface area (Å²) in [7, 11) is 0. The second-order valence-corrected chi connectivity index (χ2v) is 15.3. The Morgan fingerprint density at radius 1 is 0.521 bits per heavy atom. The van der Waals surface area contributed by atoms with Gasteiger partial charge in [-0.2, -0.15) is 0 Å².